The number of sulfone groups is 1. The lowest BCUT2D eigenvalue weighted by atomic mass is 10.4. The van der Waals surface area contributed by atoms with Gasteiger partial charge in [-0.15, -0.1) is 0 Å². The summed E-state index contributed by atoms with van der Waals surface area (Å²) in [5.74, 6) is 2.68. The van der Waals surface area contributed by atoms with Gasteiger partial charge in [0.15, 0.2) is 0 Å². The van der Waals surface area contributed by atoms with Crippen molar-refractivity contribution >= 4 is 73.9 Å². The Kier molecular flexibility index (Phi) is 126. The van der Waals surface area contributed by atoms with Crippen molar-refractivity contribution in [2.45, 2.75) is 95.9 Å². The number of methoxy groups -OCH3 is 5. The summed E-state index contributed by atoms with van der Waals surface area (Å²) in [5, 5.41) is 5.32. The van der Waals surface area contributed by atoms with Crippen molar-refractivity contribution in [2.75, 3.05) is 137 Å². The number of nitrogens with one attached hydrogen (secondary N) is 2. The zero-order valence-corrected chi connectivity index (χ0v) is 45.7. The fourth-order valence-electron chi connectivity index (χ4n) is 0.809. The van der Waals surface area contributed by atoms with E-state index in [4.69, 9.17) is 4.74 Å². The minimum absolute atomic E-state index is 0.00463. The van der Waals surface area contributed by atoms with Gasteiger partial charge in [0.25, 0.3) is 0 Å². The maximum Gasteiger partial charge on any atom is 0.332 e. The van der Waals surface area contributed by atoms with Crippen molar-refractivity contribution in [1.82, 2.24) is 10.6 Å². The highest BCUT2D eigenvalue weighted by Gasteiger charge is 1.97. The average Bonchev–Trinajstić information content (AvgIpc) is 3.25. The van der Waals surface area contributed by atoms with Crippen molar-refractivity contribution in [2.24, 2.45) is 0 Å². The van der Waals surface area contributed by atoms with E-state index in [1.807, 2.05) is 46.5 Å². The topological polar surface area (TPSA) is 225 Å². The third kappa shape index (κ3) is 216. The first-order chi connectivity index (χ1) is 28.5. The number of carbonyl (C=O) groups is 5. The van der Waals surface area contributed by atoms with Crippen LogP contribution in [0.2, 0.25) is 0 Å². The number of ether oxygens (including phenoxy) is 7. The molecule has 0 aromatic rings. The minimum atomic E-state index is -2.66. The van der Waals surface area contributed by atoms with Crippen LogP contribution in [0.1, 0.15) is 95.9 Å². The number of unbranched alkanes of at least 4 members (excludes halogenated alkanes) is 1. The van der Waals surface area contributed by atoms with Crippen molar-refractivity contribution in [1.29, 1.82) is 0 Å². The first-order valence-electron chi connectivity index (χ1n) is 19.7. The molecule has 1 atom stereocenters. The molecule has 21 heteroatoms. The number of thioether (sulfide) groups is 2. The van der Waals surface area contributed by atoms with Gasteiger partial charge in [-0.1, -0.05) is 61.3 Å². The molecule has 0 aromatic heterocycles. The van der Waals surface area contributed by atoms with Gasteiger partial charge in [-0.05, 0) is 52.1 Å². The van der Waals surface area contributed by atoms with Crippen LogP contribution in [0, 0.1) is 0 Å². The van der Waals surface area contributed by atoms with Gasteiger partial charge in [-0.2, -0.15) is 23.5 Å². The van der Waals surface area contributed by atoms with Crippen LogP contribution in [0.15, 0.2) is 0 Å². The average molecular weight is 971 g/mol. The summed E-state index contributed by atoms with van der Waals surface area (Å²) in [6, 6.07) is 0. The fraction of sp³-hybridized carbons (Fsp3) is 0.875. The van der Waals surface area contributed by atoms with E-state index in [0.29, 0.717) is 19.0 Å². The van der Waals surface area contributed by atoms with Crippen LogP contribution in [-0.4, -0.2) is 179 Å². The molecule has 0 heterocycles. The monoisotopic (exact) mass is 971 g/mol. The predicted octanol–water partition coefficient (Wildman–Crippen LogP) is 5.73. The zero-order chi connectivity index (χ0) is 50.9. The molecule has 0 saturated carbocycles. The third-order valence-electron chi connectivity index (χ3n) is 4.87. The van der Waals surface area contributed by atoms with E-state index in [-0.39, 0.29) is 48.8 Å². The van der Waals surface area contributed by atoms with E-state index < -0.39 is 20.6 Å². The summed E-state index contributed by atoms with van der Waals surface area (Å²) in [6.07, 6.45) is 7.65. The number of hydrogen-bond acceptors (Lipinski definition) is 18. The number of carbonyl (C=O) groups excluding carboxylic acids is 5. The number of rotatable bonds is 15. The lowest BCUT2D eigenvalue weighted by molar-refractivity contribution is -0.147. The van der Waals surface area contributed by atoms with Gasteiger partial charge in [-0.3, -0.25) is 18.6 Å². The maximum atomic E-state index is 10.3. The lowest BCUT2D eigenvalue weighted by Crippen LogP contribution is -2.11. The van der Waals surface area contributed by atoms with Gasteiger partial charge in [-0.25, -0.2) is 18.0 Å². The standard InChI is InChI=1S/2C5H10O3.C5H10O2S.C4H10.C3H7NO.C3H9N.C3H8O2S.C3H6O2.C3H8OS.C3H8O.C3H8S/c1-3-8-4-5(6)7-2;1-3-8-5(6)4-7-2;1-3-8-4-5(6)7-2;1-3-4-2;1-3(5)4-2;1-3-4-2;1-3-6(2,4)5;1-3(4)5-2;1-3-5(2)4;2*1-3-4-2/h3*3-4H2,1-2H3;3-4H2,1-2H3;1-2H3,(H,4,5);4H,3H2,1-2H3;3H2,1-2H3;1-2H3;3H2,1-2H3;2*3H2,1-2H3. The van der Waals surface area contributed by atoms with Gasteiger partial charge in [0.05, 0.1) is 33.7 Å². The van der Waals surface area contributed by atoms with Crippen LogP contribution in [0.25, 0.3) is 0 Å². The second kappa shape index (κ2) is 89.0. The number of esters is 4. The largest absolute Gasteiger partial charge is 0.469 e. The summed E-state index contributed by atoms with van der Waals surface area (Å²) in [6.45, 7) is 25.4. The van der Waals surface area contributed by atoms with E-state index in [2.05, 4.69) is 73.0 Å². The van der Waals surface area contributed by atoms with Crippen molar-refractivity contribution in [3.63, 3.8) is 0 Å². The number of amides is 1. The Morgan fingerprint density at radius 1 is 0.656 bits per heavy atom. The molecule has 0 saturated heterocycles. The van der Waals surface area contributed by atoms with Crippen molar-refractivity contribution < 1.29 is 69.8 Å². The van der Waals surface area contributed by atoms with Gasteiger partial charge in [0.1, 0.15) is 23.1 Å². The number of hydrogen-bond donors (Lipinski definition) is 2. The zero-order valence-electron chi connectivity index (χ0n) is 42.4. The molecule has 378 valence electrons. The Labute approximate surface area is 385 Å². The smallest absolute Gasteiger partial charge is 0.332 e. The lowest BCUT2D eigenvalue weighted by Gasteiger charge is -1.97. The summed E-state index contributed by atoms with van der Waals surface area (Å²) in [4.78, 5) is 50.1. The maximum absolute atomic E-state index is 10.3. The minimum Gasteiger partial charge on any atom is -0.469 e. The normalized spacial score (nSPS) is 8.89. The Morgan fingerprint density at radius 2 is 1.02 bits per heavy atom. The Balaban J connectivity index is -0.0000000507. The van der Waals surface area contributed by atoms with Crippen molar-refractivity contribution in [3.05, 3.63) is 0 Å². The first-order valence-corrected chi connectivity index (χ1v) is 26.1. The molecule has 0 radical (unpaired) electrons. The summed E-state index contributed by atoms with van der Waals surface area (Å²) in [5.41, 5.74) is 0. The predicted molar refractivity (Wildman–Crippen MR) is 261 cm³/mol. The summed E-state index contributed by atoms with van der Waals surface area (Å²) in [7, 11) is 7.52. The van der Waals surface area contributed by atoms with E-state index in [9.17, 15) is 36.6 Å². The SMILES string of the molecule is CCCC.CCNC.CCOC.CCOC(=O)COC.CCOCC(=O)OC.CCS(C)(=O)=O.CCS(C)=O.CCSC.CCSCC(=O)OC.CNC(C)=O.COC(C)=O. The molecule has 0 bridgehead atoms. The quantitative estimate of drug-likeness (QED) is 0.148. The highest BCUT2D eigenvalue weighted by atomic mass is 32.2. The molecule has 61 heavy (non-hydrogen) atoms. The molecule has 0 spiro atoms. The molecule has 1 unspecified atom stereocenters. The van der Waals surface area contributed by atoms with E-state index in [0.717, 1.165) is 24.7 Å². The molecule has 0 aliphatic carbocycles. The van der Waals surface area contributed by atoms with Crippen LogP contribution < -0.4 is 10.6 Å². The Hall–Kier alpha value is -2.01. The van der Waals surface area contributed by atoms with Gasteiger partial charge >= 0.3 is 23.9 Å². The fourth-order valence-corrected chi connectivity index (χ4v) is 1.30. The molecule has 0 aliphatic rings. The molecule has 17 nitrogen and oxygen atoms in total. The highest BCUT2D eigenvalue weighted by molar-refractivity contribution is 7.99. The molecule has 0 fully saturated rings. The van der Waals surface area contributed by atoms with E-state index >= 15 is 0 Å². The molecular formula is C40H94N2O15S4. The second-order valence-electron chi connectivity index (χ2n) is 10.1. The molecule has 2 N–H and O–H groups in total. The van der Waals surface area contributed by atoms with E-state index in [1.54, 1.807) is 46.0 Å². The van der Waals surface area contributed by atoms with Gasteiger partial charge < -0.3 is 43.8 Å². The highest BCUT2D eigenvalue weighted by Crippen LogP contribution is 1.97. The summed E-state index contributed by atoms with van der Waals surface area (Å²) >= 11 is 3.42. The molecule has 0 rings (SSSR count). The van der Waals surface area contributed by atoms with E-state index in [1.165, 1.54) is 67.1 Å². The van der Waals surface area contributed by atoms with Gasteiger partial charge in [0, 0.05) is 83.1 Å². The third-order valence-corrected chi connectivity index (χ3v) is 8.16. The first kappa shape index (κ1) is 86.1. The second-order valence-corrected chi connectivity index (χ2v) is 16.7. The van der Waals surface area contributed by atoms with Crippen LogP contribution in [-0.2, 0) is 77.8 Å². The Morgan fingerprint density at radius 3 is 1.16 bits per heavy atom. The van der Waals surface area contributed by atoms with Crippen LogP contribution in [0.5, 0.6) is 0 Å². The molecule has 0 aromatic carbocycles. The van der Waals surface area contributed by atoms with Crippen LogP contribution >= 0.6 is 23.5 Å². The van der Waals surface area contributed by atoms with Crippen molar-refractivity contribution in [3.8, 4) is 0 Å². The molecular weight excluding hydrogens is 877 g/mol. The van der Waals surface area contributed by atoms with Crippen LogP contribution in [0.4, 0.5) is 0 Å². The Bertz CT molecular complexity index is 879. The van der Waals surface area contributed by atoms with Gasteiger partial charge in [0.2, 0.25) is 5.91 Å². The molecule has 0 aliphatic heterocycles. The summed E-state index contributed by atoms with van der Waals surface area (Å²) < 4.78 is 61.0. The van der Waals surface area contributed by atoms with Crippen LogP contribution in [0.3, 0.4) is 0 Å². The molecule has 1 amide bonds.